The van der Waals surface area contributed by atoms with Crippen LogP contribution in [0.15, 0.2) is 24.7 Å². The van der Waals surface area contributed by atoms with Crippen LogP contribution >= 0.6 is 0 Å². The van der Waals surface area contributed by atoms with Crippen molar-refractivity contribution in [3.05, 3.63) is 24.7 Å². The van der Waals surface area contributed by atoms with E-state index in [-0.39, 0.29) is 0 Å². The highest BCUT2D eigenvalue weighted by Gasteiger charge is 2.00. The molecular weight excluding hydrogens is 152 g/mol. The number of nitrogens with two attached hydrogens (primary N) is 2. The van der Waals surface area contributed by atoms with E-state index in [9.17, 15) is 0 Å². The first-order chi connectivity index (χ1) is 5.79. The summed E-state index contributed by atoms with van der Waals surface area (Å²) >= 11 is 0. The first-order valence-electron chi connectivity index (χ1n) is 3.52. The topological polar surface area (TPSA) is 77.8 Å². The molecule has 2 aromatic rings. The predicted molar refractivity (Wildman–Crippen MR) is 48.4 cm³/mol. The first-order valence-corrected chi connectivity index (χ1v) is 3.52. The molecule has 60 valence electrons. The SMILES string of the molecule is Nc1cnc(N)c2ccncc12. The molecule has 2 heterocycles. The zero-order chi connectivity index (χ0) is 8.55. The average molecular weight is 160 g/mol. The Morgan fingerprint density at radius 2 is 1.92 bits per heavy atom. The van der Waals surface area contributed by atoms with Crippen molar-refractivity contribution in [2.24, 2.45) is 0 Å². The van der Waals surface area contributed by atoms with Gasteiger partial charge >= 0.3 is 0 Å². The lowest BCUT2D eigenvalue weighted by molar-refractivity contribution is 1.33. The van der Waals surface area contributed by atoms with Gasteiger partial charge < -0.3 is 11.5 Å². The van der Waals surface area contributed by atoms with E-state index in [0.717, 1.165) is 10.8 Å². The lowest BCUT2D eigenvalue weighted by atomic mass is 10.2. The fourth-order valence-electron chi connectivity index (χ4n) is 1.13. The third-order valence-electron chi connectivity index (χ3n) is 1.75. The Balaban J connectivity index is 2.95. The number of nitrogen functional groups attached to an aromatic ring is 2. The molecule has 4 nitrogen and oxygen atoms in total. The predicted octanol–water partition coefficient (Wildman–Crippen LogP) is 0.794. The highest BCUT2D eigenvalue weighted by atomic mass is 14.8. The van der Waals surface area contributed by atoms with Crippen LogP contribution in [-0.4, -0.2) is 9.97 Å². The minimum Gasteiger partial charge on any atom is -0.397 e. The maximum Gasteiger partial charge on any atom is 0.131 e. The molecule has 0 amide bonds. The number of anilines is 2. The fourth-order valence-corrected chi connectivity index (χ4v) is 1.13. The van der Waals surface area contributed by atoms with Gasteiger partial charge in [0, 0.05) is 23.2 Å². The number of fused-ring (bicyclic) bond motifs is 1. The summed E-state index contributed by atoms with van der Waals surface area (Å²) in [5, 5.41) is 1.70. The molecule has 2 aromatic heterocycles. The van der Waals surface area contributed by atoms with Crippen LogP contribution in [-0.2, 0) is 0 Å². The van der Waals surface area contributed by atoms with Gasteiger partial charge in [0.1, 0.15) is 5.82 Å². The van der Waals surface area contributed by atoms with Gasteiger partial charge in [0.15, 0.2) is 0 Å². The van der Waals surface area contributed by atoms with Gasteiger partial charge in [-0.3, -0.25) is 4.98 Å². The standard InChI is InChI=1S/C8H8N4/c9-7-4-12-8(10)5-1-2-11-3-6(5)7/h1-4H,9H2,(H2,10,12). The van der Waals surface area contributed by atoms with Gasteiger partial charge in [-0.25, -0.2) is 4.98 Å². The van der Waals surface area contributed by atoms with Crippen LogP contribution in [0.5, 0.6) is 0 Å². The highest BCUT2D eigenvalue weighted by Crippen LogP contribution is 2.22. The van der Waals surface area contributed by atoms with Gasteiger partial charge in [-0.1, -0.05) is 0 Å². The number of rotatable bonds is 0. The molecule has 0 bridgehead atoms. The number of pyridine rings is 2. The van der Waals surface area contributed by atoms with Gasteiger partial charge in [0.25, 0.3) is 0 Å². The average Bonchev–Trinajstić information content (AvgIpc) is 2.12. The van der Waals surface area contributed by atoms with Gasteiger partial charge in [-0.15, -0.1) is 0 Å². The molecule has 0 atom stereocenters. The van der Waals surface area contributed by atoms with Crippen LogP contribution in [0.3, 0.4) is 0 Å². The molecule has 0 unspecified atom stereocenters. The van der Waals surface area contributed by atoms with Gasteiger partial charge in [-0.05, 0) is 6.07 Å². The second-order valence-corrected chi connectivity index (χ2v) is 2.52. The van der Waals surface area contributed by atoms with Crippen LogP contribution in [0.4, 0.5) is 11.5 Å². The van der Waals surface area contributed by atoms with Crippen LogP contribution < -0.4 is 11.5 Å². The van der Waals surface area contributed by atoms with Crippen molar-refractivity contribution in [1.82, 2.24) is 9.97 Å². The van der Waals surface area contributed by atoms with Crippen molar-refractivity contribution in [2.75, 3.05) is 11.5 Å². The van der Waals surface area contributed by atoms with E-state index in [2.05, 4.69) is 9.97 Å². The molecule has 0 aliphatic rings. The lowest BCUT2D eigenvalue weighted by Gasteiger charge is -2.01. The third-order valence-corrected chi connectivity index (χ3v) is 1.75. The molecule has 0 saturated carbocycles. The molecular formula is C8H8N4. The molecule has 0 aliphatic heterocycles. The summed E-state index contributed by atoms with van der Waals surface area (Å²) < 4.78 is 0. The zero-order valence-electron chi connectivity index (χ0n) is 6.36. The molecule has 0 spiro atoms. The van der Waals surface area contributed by atoms with E-state index in [0.29, 0.717) is 11.5 Å². The quantitative estimate of drug-likeness (QED) is 0.597. The van der Waals surface area contributed by atoms with E-state index in [4.69, 9.17) is 11.5 Å². The van der Waals surface area contributed by atoms with Gasteiger partial charge in [0.05, 0.1) is 11.9 Å². The third kappa shape index (κ3) is 0.852. The number of nitrogens with zero attached hydrogens (tertiary/aromatic N) is 2. The number of hydrogen-bond acceptors (Lipinski definition) is 4. The Hall–Kier alpha value is -1.84. The minimum atomic E-state index is 0.488. The summed E-state index contributed by atoms with van der Waals surface area (Å²) in [6.07, 6.45) is 4.89. The summed E-state index contributed by atoms with van der Waals surface area (Å²) in [5.41, 5.74) is 11.9. The Morgan fingerprint density at radius 3 is 2.67 bits per heavy atom. The summed E-state index contributed by atoms with van der Waals surface area (Å²) in [4.78, 5) is 7.88. The van der Waals surface area contributed by atoms with Crippen molar-refractivity contribution in [1.29, 1.82) is 0 Å². The molecule has 0 fully saturated rings. The van der Waals surface area contributed by atoms with Crippen molar-refractivity contribution < 1.29 is 0 Å². The molecule has 2 rings (SSSR count). The highest BCUT2D eigenvalue weighted by molar-refractivity contribution is 5.97. The van der Waals surface area contributed by atoms with Crippen LogP contribution in [0.2, 0.25) is 0 Å². The van der Waals surface area contributed by atoms with E-state index >= 15 is 0 Å². The second kappa shape index (κ2) is 2.34. The Bertz CT molecular complexity index is 384. The van der Waals surface area contributed by atoms with E-state index < -0.39 is 0 Å². The summed E-state index contributed by atoms with van der Waals surface area (Å²) in [6, 6.07) is 1.80. The van der Waals surface area contributed by atoms with Crippen LogP contribution in [0.1, 0.15) is 0 Å². The summed E-state index contributed by atoms with van der Waals surface area (Å²) in [7, 11) is 0. The monoisotopic (exact) mass is 160 g/mol. The molecule has 4 heteroatoms. The molecule has 12 heavy (non-hydrogen) atoms. The van der Waals surface area contributed by atoms with Crippen molar-refractivity contribution in [2.45, 2.75) is 0 Å². The number of hydrogen-bond donors (Lipinski definition) is 2. The zero-order valence-corrected chi connectivity index (χ0v) is 6.36. The minimum absolute atomic E-state index is 0.488. The van der Waals surface area contributed by atoms with Crippen molar-refractivity contribution in [3.8, 4) is 0 Å². The molecule has 0 aliphatic carbocycles. The normalized spacial score (nSPS) is 10.3. The number of aromatic nitrogens is 2. The van der Waals surface area contributed by atoms with Crippen molar-refractivity contribution >= 4 is 22.3 Å². The Kier molecular flexibility index (Phi) is 1.33. The molecule has 4 N–H and O–H groups in total. The van der Waals surface area contributed by atoms with E-state index in [1.54, 1.807) is 24.7 Å². The van der Waals surface area contributed by atoms with E-state index in [1.165, 1.54) is 0 Å². The molecule has 0 saturated heterocycles. The van der Waals surface area contributed by atoms with Gasteiger partial charge in [-0.2, -0.15) is 0 Å². The maximum atomic E-state index is 5.67. The lowest BCUT2D eigenvalue weighted by Crippen LogP contribution is -1.95. The summed E-state index contributed by atoms with van der Waals surface area (Å²) in [6.45, 7) is 0. The van der Waals surface area contributed by atoms with Crippen LogP contribution in [0.25, 0.3) is 10.8 Å². The summed E-state index contributed by atoms with van der Waals surface area (Å²) in [5.74, 6) is 0.488. The Morgan fingerprint density at radius 1 is 1.08 bits per heavy atom. The fraction of sp³-hybridized carbons (Fsp3) is 0. The first kappa shape index (κ1) is 6.84. The molecule has 0 aromatic carbocycles. The second-order valence-electron chi connectivity index (χ2n) is 2.52. The van der Waals surface area contributed by atoms with Gasteiger partial charge in [0.2, 0.25) is 0 Å². The van der Waals surface area contributed by atoms with E-state index in [1.807, 2.05) is 0 Å². The Labute approximate surface area is 69.2 Å². The van der Waals surface area contributed by atoms with Crippen molar-refractivity contribution in [3.63, 3.8) is 0 Å². The molecule has 0 radical (unpaired) electrons. The maximum absolute atomic E-state index is 5.67. The van der Waals surface area contributed by atoms with Crippen LogP contribution in [0, 0.1) is 0 Å². The largest absolute Gasteiger partial charge is 0.397 e. The smallest absolute Gasteiger partial charge is 0.131 e.